The molecule has 0 saturated carbocycles. The maximum absolute atomic E-state index is 14.1. The van der Waals surface area contributed by atoms with E-state index in [-0.39, 0.29) is 30.5 Å². The van der Waals surface area contributed by atoms with Crippen molar-refractivity contribution in [2.75, 3.05) is 11.9 Å². The van der Waals surface area contributed by atoms with E-state index in [4.69, 9.17) is 11.6 Å². The zero-order valence-electron chi connectivity index (χ0n) is 17.0. The Morgan fingerprint density at radius 2 is 1.81 bits per heavy atom. The summed E-state index contributed by atoms with van der Waals surface area (Å²) in [4.78, 5) is 24.6. The van der Waals surface area contributed by atoms with Crippen molar-refractivity contribution in [2.45, 2.75) is 26.7 Å². The molecule has 31 heavy (non-hydrogen) atoms. The van der Waals surface area contributed by atoms with Gasteiger partial charge in [-0.3, -0.25) is 9.59 Å². The number of nitrogens with zero attached hydrogens (tertiary/aromatic N) is 2. The molecule has 0 aliphatic carbocycles. The highest BCUT2D eigenvalue weighted by Gasteiger charge is 2.20. The van der Waals surface area contributed by atoms with E-state index in [0.717, 1.165) is 12.1 Å². The van der Waals surface area contributed by atoms with E-state index in [1.165, 1.54) is 10.7 Å². The van der Waals surface area contributed by atoms with Crippen molar-refractivity contribution in [1.29, 1.82) is 0 Å². The molecule has 2 N–H and O–H groups in total. The lowest BCUT2D eigenvalue weighted by atomic mass is 10.1. The fraction of sp³-hybridized carbons (Fsp3) is 0.227. The van der Waals surface area contributed by atoms with Crippen molar-refractivity contribution in [3.63, 3.8) is 0 Å². The van der Waals surface area contributed by atoms with Crippen molar-refractivity contribution >= 4 is 29.1 Å². The summed E-state index contributed by atoms with van der Waals surface area (Å²) in [7, 11) is 0. The molecule has 1 aromatic heterocycles. The highest BCUT2D eigenvalue weighted by atomic mass is 35.5. The lowest BCUT2D eigenvalue weighted by Gasteiger charge is -2.08. The van der Waals surface area contributed by atoms with E-state index in [2.05, 4.69) is 15.7 Å². The summed E-state index contributed by atoms with van der Waals surface area (Å²) in [6.45, 7) is 3.55. The monoisotopic (exact) mass is 446 g/mol. The van der Waals surface area contributed by atoms with Crippen LogP contribution in [0.5, 0.6) is 0 Å². The van der Waals surface area contributed by atoms with Crippen molar-refractivity contribution in [2.24, 2.45) is 0 Å². The van der Waals surface area contributed by atoms with Crippen LogP contribution in [0.15, 0.2) is 42.5 Å². The van der Waals surface area contributed by atoms with E-state index >= 15 is 0 Å². The van der Waals surface area contributed by atoms with Crippen LogP contribution in [0.4, 0.5) is 14.5 Å². The van der Waals surface area contributed by atoms with E-state index < -0.39 is 11.6 Å². The number of rotatable bonds is 7. The number of hydrogen-bond acceptors (Lipinski definition) is 3. The number of benzene rings is 2. The first-order chi connectivity index (χ1) is 14.8. The standard InChI is InChI=1S/C22H21ClF2N4O2/c1-13-21(14(2)29(28-13)19-10-7-16(24)12-18(19)25)22(31)26-11-3-4-20(30)27-17-8-5-15(23)6-9-17/h5-10,12H,3-4,11H2,1-2H3,(H,26,31)(H,27,30). The molecule has 0 bridgehead atoms. The number of nitrogens with one attached hydrogen (secondary N) is 2. The van der Waals surface area contributed by atoms with Crippen molar-refractivity contribution < 1.29 is 18.4 Å². The third-order valence-corrected chi connectivity index (χ3v) is 4.90. The van der Waals surface area contributed by atoms with Crippen LogP contribution in [0.3, 0.4) is 0 Å². The van der Waals surface area contributed by atoms with Crippen LogP contribution >= 0.6 is 11.6 Å². The molecule has 6 nitrogen and oxygen atoms in total. The number of amides is 2. The lowest BCUT2D eigenvalue weighted by molar-refractivity contribution is -0.116. The van der Waals surface area contributed by atoms with Gasteiger partial charge < -0.3 is 10.6 Å². The summed E-state index contributed by atoms with van der Waals surface area (Å²) in [5.41, 5.74) is 1.86. The minimum Gasteiger partial charge on any atom is -0.352 e. The highest BCUT2D eigenvalue weighted by Crippen LogP contribution is 2.21. The first kappa shape index (κ1) is 22.4. The van der Waals surface area contributed by atoms with Crippen LogP contribution in [0, 0.1) is 25.5 Å². The number of carbonyl (C=O) groups is 2. The summed E-state index contributed by atoms with van der Waals surface area (Å²) >= 11 is 5.81. The van der Waals surface area contributed by atoms with E-state index in [0.29, 0.717) is 34.1 Å². The van der Waals surface area contributed by atoms with Crippen molar-refractivity contribution in [3.8, 4) is 5.69 Å². The zero-order chi connectivity index (χ0) is 22.5. The van der Waals surface area contributed by atoms with Crippen LogP contribution in [-0.4, -0.2) is 28.1 Å². The van der Waals surface area contributed by atoms with Gasteiger partial charge in [0, 0.05) is 29.7 Å². The second-order valence-corrected chi connectivity index (χ2v) is 7.40. The molecule has 3 aromatic rings. The van der Waals surface area contributed by atoms with Crippen LogP contribution in [0.25, 0.3) is 5.69 Å². The third kappa shape index (κ3) is 5.46. The minimum atomic E-state index is -0.774. The summed E-state index contributed by atoms with van der Waals surface area (Å²) in [5, 5.41) is 10.3. The first-order valence-corrected chi connectivity index (χ1v) is 9.99. The third-order valence-electron chi connectivity index (χ3n) is 4.65. The summed E-state index contributed by atoms with van der Waals surface area (Å²) < 4.78 is 28.6. The normalized spacial score (nSPS) is 10.7. The lowest BCUT2D eigenvalue weighted by Crippen LogP contribution is -2.26. The van der Waals surface area contributed by atoms with Crippen molar-refractivity contribution in [3.05, 3.63) is 76.1 Å². The van der Waals surface area contributed by atoms with Gasteiger partial charge in [0.2, 0.25) is 5.91 Å². The van der Waals surface area contributed by atoms with Crippen LogP contribution in [-0.2, 0) is 4.79 Å². The Morgan fingerprint density at radius 1 is 1.10 bits per heavy atom. The molecule has 2 aromatic carbocycles. The molecule has 9 heteroatoms. The number of aryl methyl sites for hydroxylation is 1. The van der Waals surface area contributed by atoms with Crippen molar-refractivity contribution in [1.82, 2.24) is 15.1 Å². The van der Waals surface area contributed by atoms with Crippen LogP contribution in [0.1, 0.15) is 34.6 Å². The molecular formula is C22H21ClF2N4O2. The van der Waals surface area contributed by atoms with Gasteiger partial charge in [0.1, 0.15) is 11.5 Å². The van der Waals surface area contributed by atoms with Gasteiger partial charge in [0.05, 0.1) is 17.0 Å². The number of aromatic nitrogens is 2. The average Bonchev–Trinajstić information content (AvgIpc) is 3.01. The molecule has 3 rings (SSSR count). The van der Waals surface area contributed by atoms with E-state index in [1.807, 2.05) is 0 Å². The van der Waals surface area contributed by atoms with Gasteiger partial charge in [0.25, 0.3) is 5.91 Å². The minimum absolute atomic E-state index is 0.0555. The van der Waals surface area contributed by atoms with Gasteiger partial charge in [0.15, 0.2) is 5.82 Å². The van der Waals surface area contributed by atoms with Gasteiger partial charge >= 0.3 is 0 Å². The first-order valence-electron chi connectivity index (χ1n) is 9.61. The predicted molar refractivity (Wildman–Crippen MR) is 115 cm³/mol. The van der Waals surface area contributed by atoms with Crippen LogP contribution in [0.2, 0.25) is 5.02 Å². The molecule has 0 spiro atoms. The molecule has 0 fully saturated rings. The van der Waals surface area contributed by atoms with Gasteiger partial charge in [-0.15, -0.1) is 0 Å². The Morgan fingerprint density at radius 3 is 2.48 bits per heavy atom. The number of hydrogen-bond donors (Lipinski definition) is 2. The maximum Gasteiger partial charge on any atom is 0.255 e. The van der Waals surface area contributed by atoms with Crippen LogP contribution < -0.4 is 10.6 Å². The highest BCUT2D eigenvalue weighted by molar-refractivity contribution is 6.30. The molecule has 0 saturated heterocycles. The molecule has 0 radical (unpaired) electrons. The van der Waals surface area contributed by atoms with Gasteiger partial charge in [-0.05, 0) is 56.7 Å². The largest absolute Gasteiger partial charge is 0.352 e. The quantitative estimate of drug-likeness (QED) is 0.522. The molecule has 1 heterocycles. The number of anilines is 1. The molecule has 0 atom stereocenters. The Kier molecular flexibility index (Phi) is 7.02. The fourth-order valence-electron chi connectivity index (χ4n) is 3.15. The second-order valence-electron chi connectivity index (χ2n) is 6.97. The molecule has 162 valence electrons. The Hall–Kier alpha value is -3.26. The number of halogens is 3. The summed E-state index contributed by atoms with van der Waals surface area (Å²) in [6, 6.07) is 9.93. The zero-order valence-corrected chi connectivity index (χ0v) is 17.8. The molecule has 0 aliphatic heterocycles. The van der Waals surface area contributed by atoms with Gasteiger partial charge in [-0.1, -0.05) is 11.6 Å². The molecule has 2 amide bonds. The molecular weight excluding hydrogens is 426 g/mol. The topological polar surface area (TPSA) is 76.0 Å². The Labute approximate surface area is 183 Å². The fourth-order valence-corrected chi connectivity index (χ4v) is 3.28. The summed E-state index contributed by atoms with van der Waals surface area (Å²) in [6.07, 6.45) is 0.658. The molecule has 0 aliphatic rings. The second kappa shape index (κ2) is 9.70. The maximum atomic E-state index is 14.1. The smallest absolute Gasteiger partial charge is 0.255 e. The Bertz CT molecular complexity index is 1110. The van der Waals surface area contributed by atoms with E-state index in [9.17, 15) is 18.4 Å². The Balaban J connectivity index is 1.56. The van der Waals surface area contributed by atoms with Gasteiger partial charge in [-0.2, -0.15) is 5.10 Å². The summed E-state index contributed by atoms with van der Waals surface area (Å²) in [5.74, 6) is -2.02. The molecule has 0 unspecified atom stereocenters. The number of carbonyl (C=O) groups excluding carboxylic acids is 2. The average molecular weight is 447 g/mol. The SMILES string of the molecule is Cc1nn(-c2ccc(F)cc2F)c(C)c1C(=O)NCCCC(=O)Nc1ccc(Cl)cc1. The van der Waals surface area contributed by atoms with E-state index in [1.54, 1.807) is 38.1 Å². The predicted octanol–water partition coefficient (Wildman–Crippen LogP) is 4.57. The van der Waals surface area contributed by atoms with Gasteiger partial charge in [-0.25, -0.2) is 13.5 Å².